The van der Waals surface area contributed by atoms with E-state index < -0.39 is 17.0 Å². The van der Waals surface area contributed by atoms with E-state index in [0.29, 0.717) is 0 Å². The molecule has 0 saturated heterocycles. The van der Waals surface area contributed by atoms with Crippen molar-refractivity contribution >= 4 is 23.2 Å². The molecule has 6 heteroatoms. The predicted molar refractivity (Wildman–Crippen MR) is 68.6 cm³/mol. The lowest BCUT2D eigenvalue weighted by Gasteiger charge is -2.25. The van der Waals surface area contributed by atoms with Crippen molar-refractivity contribution < 1.29 is 19.8 Å². The molecule has 0 aromatic carbocycles. The molecule has 3 N–H and O–H groups in total. The molecule has 18 heavy (non-hydrogen) atoms. The van der Waals surface area contributed by atoms with E-state index in [4.69, 9.17) is 5.11 Å². The number of carboxylic acid groups (broad SMARTS) is 1. The van der Waals surface area contributed by atoms with E-state index in [1.807, 2.05) is 17.5 Å². The van der Waals surface area contributed by atoms with Crippen LogP contribution in [0.1, 0.15) is 25.6 Å². The van der Waals surface area contributed by atoms with E-state index in [-0.39, 0.29) is 12.5 Å². The minimum atomic E-state index is -1.96. The van der Waals surface area contributed by atoms with Gasteiger partial charge in [-0.2, -0.15) is 0 Å². The highest BCUT2D eigenvalue weighted by Crippen LogP contribution is 2.27. The first kappa shape index (κ1) is 14.7. The van der Waals surface area contributed by atoms with Crippen LogP contribution in [0.3, 0.4) is 0 Å². The number of carbonyl (C=O) groups excluding carboxylic acids is 1. The first-order valence-corrected chi connectivity index (χ1v) is 6.34. The summed E-state index contributed by atoms with van der Waals surface area (Å²) < 4.78 is 0. The summed E-state index contributed by atoms with van der Waals surface area (Å²) in [5.74, 6) is -1.68. The maximum Gasteiger partial charge on any atom is 0.337 e. The van der Waals surface area contributed by atoms with Crippen molar-refractivity contribution in [1.29, 1.82) is 0 Å². The van der Waals surface area contributed by atoms with Gasteiger partial charge in [0.15, 0.2) is 5.60 Å². The summed E-state index contributed by atoms with van der Waals surface area (Å²) in [5.41, 5.74) is -2.70. The van der Waals surface area contributed by atoms with Crippen molar-refractivity contribution in [2.45, 2.75) is 31.8 Å². The molecular weight excluding hydrogens is 254 g/mol. The van der Waals surface area contributed by atoms with Crippen LogP contribution in [0, 0.1) is 0 Å². The molecule has 1 unspecified atom stereocenters. The Balaban J connectivity index is 2.70. The SMILES string of the molecule is CC(O)(CNC(=O)C(C)(C)c1cccs1)C(=O)O. The summed E-state index contributed by atoms with van der Waals surface area (Å²) in [6.45, 7) is 4.33. The molecule has 0 fully saturated rings. The Morgan fingerprint density at radius 1 is 1.39 bits per heavy atom. The van der Waals surface area contributed by atoms with Crippen LogP contribution >= 0.6 is 11.3 Å². The van der Waals surface area contributed by atoms with Gasteiger partial charge in [-0.3, -0.25) is 4.79 Å². The molecule has 1 aromatic rings. The summed E-state index contributed by atoms with van der Waals surface area (Å²) in [7, 11) is 0. The summed E-state index contributed by atoms with van der Waals surface area (Å²) in [4.78, 5) is 23.6. The standard InChI is InChI=1S/C12H17NO4S/c1-11(2,8-5-4-6-18-8)9(14)13-7-12(3,17)10(15)16/h4-6,17H,7H2,1-3H3,(H,13,14)(H,15,16). The van der Waals surface area contributed by atoms with Crippen molar-refractivity contribution in [2.24, 2.45) is 0 Å². The summed E-state index contributed by atoms with van der Waals surface area (Å²) in [6, 6.07) is 3.70. The molecule has 0 aliphatic rings. The van der Waals surface area contributed by atoms with Crippen LogP contribution < -0.4 is 5.32 Å². The second kappa shape index (κ2) is 5.07. The average Bonchev–Trinajstić information content (AvgIpc) is 2.79. The molecular formula is C12H17NO4S. The van der Waals surface area contributed by atoms with Gasteiger partial charge < -0.3 is 15.5 Å². The number of rotatable bonds is 5. The predicted octanol–water partition coefficient (Wildman–Crippen LogP) is 0.977. The fourth-order valence-electron chi connectivity index (χ4n) is 1.30. The number of hydrogen-bond donors (Lipinski definition) is 3. The van der Waals surface area contributed by atoms with E-state index >= 15 is 0 Å². The molecule has 0 radical (unpaired) electrons. The molecule has 1 heterocycles. The zero-order valence-corrected chi connectivity index (χ0v) is 11.4. The van der Waals surface area contributed by atoms with Gasteiger partial charge in [-0.05, 0) is 32.2 Å². The lowest BCUT2D eigenvalue weighted by molar-refractivity contribution is -0.156. The van der Waals surface area contributed by atoms with E-state index in [2.05, 4.69) is 5.32 Å². The van der Waals surface area contributed by atoms with Crippen LogP contribution in [0.15, 0.2) is 17.5 Å². The number of aliphatic hydroxyl groups is 1. The van der Waals surface area contributed by atoms with Crippen LogP contribution in [0.5, 0.6) is 0 Å². The Bertz CT molecular complexity index is 437. The molecule has 1 rings (SSSR count). The van der Waals surface area contributed by atoms with Gasteiger partial charge in [0.1, 0.15) is 0 Å². The van der Waals surface area contributed by atoms with Gasteiger partial charge in [0.2, 0.25) is 5.91 Å². The number of nitrogens with one attached hydrogen (secondary N) is 1. The fourth-order valence-corrected chi connectivity index (χ4v) is 2.14. The summed E-state index contributed by atoms with van der Waals surface area (Å²) >= 11 is 1.46. The van der Waals surface area contributed by atoms with E-state index in [1.54, 1.807) is 13.8 Å². The zero-order valence-electron chi connectivity index (χ0n) is 10.6. The highest BCUT2D eigenvalue weighted by molar-refractivity contribution is 7.10. The molecule has 5 nitrogen and oxygen atoms in total. The van der Waals surface area contributed by atoms with Crippen molar-refractivity contribution in [3.63, 3.8) is 0 Å². The number of amides is 1. The lowest BCUT2D eigenvalue weighted by atomic mass is 9.90. The van der Waals surface area contributed by atoms with Crippen molar-refractivity contribution in [2.75, 3.05) is 6.54 Å². The molecule has 0 spiro atoms. The van der Waals surface area contributed by atoms with Gasteiger partial charge in [-0.1, -0.05) is 6.07 Å². The number of carboxylic acids is 1. The third-order valence-corrected chi connectivity index (χ3v) is 3.95. The topological polar surface area (TPSA) is 86.6 Å². The number of hydrogen-bond acceptors (Lipinski definition) is 4. The van der Waals surface area contributed by atoms with E-state index in [1.165, 1.54) is 11.3 Å². The average molecular weight is 271 g/mol. The highest BCUT2D eigenvalue weighted by Gasteiger charge is 2.35. The van der Waals surface area contributed by atoms with Crippen molar-refractivity contribution in [1.82, 2.24) is 5.32 Å². The quantitative estimate of drug-likeness (QED) is 0.745. The first-order chi connectivity index (χ1) is 8.18. The van der Waals surface area contributed by atoms with Gasteiger partial charge in [0, 0.05) is 4.88 Å². The second-order valence-corrected chi connectivity index (χ2v) is 5.81. The Hall–Kier alpha value is -1.40. The molecule has 100 valence electrons. The fraction of sp³-hybridized carbons (Fsp3) is 0.500. The lowest BCUT2D eigenvalue weighted by Crippen LogP contribution is -2.50. The maximum absolute atomic E-state index is 12.0. The third kappa shape index (κ3) is 3.08. The Kier molecular flexibility index (Phi) is 4.13. The zero-order chi connectivity index (χ0) is 14.0. The van der Waals surface area contributed by atoms with Crippen molar-refractivity contribution in [3.05, 3.63) is 22.4 Å². The van der Waals surface area contributed by atoms with Crippen LogP contribution in [-0.2, 0) is 15.0 Å². The highest BCUT2D eigenvalue weighted by atomic mass is 32.1. The van der Waals surface area contributed by atoms with Crippen LogP contribution in [-0.4, -0.2) is 34.2 Å². The Morgan fingerprint density at radius 2 is 2.00 bits per heavy atom. The van der Waals surface area contributed by atoms with Gasteiger partial charge >= 0.3 is 5.97 Å². The molecule has 0 aliphatic heterocycles. The second-order valence-electron chi connectivity index (χ2n) is 4.86. The van der Waals surface area contributed by atoms with Crippen LogP contribution in [0.2, 0.25) is 0 Å². The Labute approximate surface area is 109 Å². The summed E-state index contributed by atoms with van der Waals surface area (Å²) in [6.07, 6.45) is 0. The summed E-state index contributed by atoms with van der Waals surface area (Å²) in [5, 5.41) is 22.6. The van der Waals surface area contributed by atoms with E-state index in [0.717, 1.165) is 11.8 Å². The normalized spacial score (nSPS) is 14.9. The first-order valence-electron chi connectivity index (χ1n) is 5.46. The monoisotopic (exact) mass is 271 g/mol. The third-order valence-electron chi connectivity index (χ3n) is 2.76. The molecule has 1 amide bonds. The van der Waals surface area contributed by atoms with Gasteiger partial charge in [0.25, 0.3) is 0 Å². The molecule has 1 aromatic heterocycles. The number of thiophene rings is 1. The minimum Gasteiger partial charge on any atom is -0.479 e. The maximum atomic E-state index is 12.0. The van der Waals surface area contributed by atoms with E-state index in [9.17, 15) is 14.7 Å². The van der Waals surface area contributed by atoms with Crippen molar-refractivity contribution in [3.8, 4) is 0 Å². The van der Waals surface area contributed by atoms with Gasteiger partial charge in [0.05, 0.1) is 12.0 Å². The molecule has 0 bridgehead atoms. The van der Waals surface area contributed by atoms with Crippen LogP contribution in [0.25, 0.3) is 0 Å². The smallest absolute Gasteiger partial charge is 0.337 e. The van der Waals surface area contributed by atoms with Gasteiger partial charge in [-0.25, -0.2) is 4.79 Å². The number of carbonyl (C=O) groups is 2. The van der Waals surface area contributed by atoms with Gasteiger partial charge in [-0.15, -0.1) is 11.3 Å². The van der Waals surface area contributed by atoms with Crippen LogP contribution in [0.4, 0.5) is 0 Å². The molecule has 1 atom stereocenters. The molecule has 0 aliphatic carbocycles. The number of aliphatic carboxylic acids is 1. The largest absolute Gasteiger partial charge is 0.479 e. The minimum absolute atomic E-state index is 0.313. The Morgan fingerprint density at radius 3 is 2.44 bits per heavy atom. The molecule has 0 saturated carbocycles.